The van der Waals surface area contributed by atoms with Gasteiger partial charge >= 0.3 is 0 Å². The van der Waals surface area contributed by atoms with Crippen LogP contribution in [0.1, 0.15) is 12.8 Å². The van der Waals surface area contributed by atoms with Crippen molar-refractivity contribution in [1.82, 2.24) is 10.2 Å². The van der Waals surface area contributed by atoms with Crippen LogP contribution in [0.3, 0.4) is 0 Å². The number of hydrogen-bond acceptors (Lipinski definition) is 3. The molecule has 0 aromatic carbocycles. The molecule has 0 aliphatic carbocycles. The lowest BCUT2D eigenvalue weighted by atomic mass is 10.2. The maximum absolute atomic E-state index is 10.5. The number of rotatable bonds is 5. The van der Waals surface area contributed by atoms with Crippen molar-refractivity contribution in [2.24, 2.45) is 0 Å². The SMILES string of the molecule is O=CC1CN(CCCCCl)CCN1. The van der Waals surface area contributed by atoms with Crippen molar-refractivity contribution in [3.05, 3.63) is 0 Å². The van der Waals surface area contributed by atoms with Crippen LogP contribution in [-0.4, -0.2) is 49.3 Å². The van der Waals surface area contributed by atoms with E-state index in [1.807, 2.05) is 0 Å². The fourth-order valence-corrected chi connectivity index (χ4v) is 1.76. The third-order valence-electron chi connectivity index (χ3n) is 2.31. The van der Waals surface area contributed by atoms with Crippen molar-refractivity contribution < 1.29 is 4.79 Å². The zero-order valence-electron chi connectivity index (χ0n) is 7.84. The molecule has 4 heteroatoms. The summed E-state index contributed by atoms with van der Waals surface area (Å²) >= 11 is 5.59. The first-order chi connectivity index (χ1) is 6.36. The van der Waals surface area contributed by atoms with Crippen molar-refractivity contribution in [2.75, 3.05) is 32.1 Å². The van der Waals surface area contributed by atoms with E-state index in [0.717, 1.165) is 51.2 Å². The molecule has 76 valence electrons. The van der Waals surface area contributed by atoms with E-state index in [9.17, 15) is 4.79 Å². The van der Waals surface area contributed by atoms with E-state index in [1.54, 1.807) is 0 Å². The van der Waals surface area contributed by atoms with Crippen molar-refractivity contribution in [2.45, 2.75) is 18.9 Å². The van der Waals surface area contributed by atoms with E-state index in [4.69, 9.17) is 11.6 Å². The normalized spacial score (nSPS) is 24.5. The lowest BCUT2D eigenvalue weighted by molar-refractivity contribution is -0.110. The van der Waals surface area contributed by atoms with Gasteiger partial charge < -0.3 is 15.0 Å². The molecule has 0 aromatic rings. The molecule has 3 nitrogen and oxygen atoms in total. The summed E-state index contributed by atoms with van der Waals surface area (Å²) in [5, 5.41) is 3.15. The Labute approximate surface area is 84.4 Å². The second-order valence-electron chi connectivity index (χ2n) is 3.39. The van der Waals surface area contributed by atoms with Crippen LogP contribution < -0.4 is 5.32 Å². The van der Waals surface area contributed by atoms with E-state index in [0.29, 0.717) is 0 Å². The summed E-state index contributed by atoms with van der Waals surface area (Å²) in [7, 11) is 0. The van der Waals surface area contributed by atoms with Crippen LogP contribution in [0.2, 0.25) is 0 Å². The van der Waals surface area contributed by atoms with Gasteiger partial charge in [-0.05, 0) is 19.4 Å². The van der Waals surface area contributed by atoms with Crippen LogP contribution >= 0.6 is 11.6 Å². The smallest absolute Gasteiger partial charge is 0.138 e. The van der Waals surface area contributed by atoms with Crippen LogP contribution in [0.4, 0.5) is 0 Å². The molecule has 0 bridgehead atoms. The average molecular weight is 205 g/mol. The van der Waals surface area contributed by atoms with Crippen molar-refractivity contribution >= 4 is 17.9 Å². The summed E-state index contributed by atoms with van der Waals surface area (Å²) in [6.07, 6.45) is 3.19. The van der Waals surface area contributed by atoms with Crippen LogP contribution in [0.25, 0.3) is 0 Å². The van der Waals surface area contributed by atoms with Gasteiger partial charge in [0.05, 0.1) is 6.04 Å². The minimum absolute atomic E-state index is 0.0322. The summed E-state index contributed by atoms with van der Waals surface area (Å²) in [5.74, 6) is 0.739. The predicted molar refractivity (Wildman–Crippen MR) is 54.2 cm³/mol. The third-order valence-corrected chi connectivity index (χ3v) is 2.58. The Kier molecular flexibility index (Phi) is 5.35. The fraction of sp³-hybridized carbons (Fsp3) is 0.889. The number of carbonyl (C=O) groups excluding carboxylic acids is 1. The Balaban J connectivity index is 2.14. The molecule has 1 saturated heterocycles. The van der Waals surface area contributed by atoms with Gasteiger partial charge in [-0.3, -0.25) is 0 Å². The number of carbonyl (C=O) groups is 1. The van der Waals surface area contributed by atoms with Crippen molar-refractivity contribution in [3.8, 4) is 0 Å². The molecule has 1 atom stereocenters. The van der Waals surface area contributed by atoms with Gasteiger partial charge in [-0.1, -0.05) is 0 Å². The molecule has 0 amide bonds. The number of piperazine rings is 1. The number of nitrogens with one attached hydrogen (secondary N) is 1. The Hall–Kier alpha value is -0.120. The summed E-state index contributed by atoms with van der Waals surface area (Å²) < 4.78 is 0. The first-order valence-corrected chi connectivity index (χ1v) is 5.37. The molecule has 0 saturated carbocycles. The van der Waals surface area contributed by atoms with Gasteiger partial charge in [-0.2, -0.15) is 0 Å². The molecule has 0 radical (unpaired) electrons. The number of halogens is 1. The number of aldehydes is 1. The number of alkyl halides is 1. The van der Waals surface area contributed by atoms with Crippen LogP contribution in [0.5, 0.6) is 0 Å². The maximum atomic E-state index is 10.5. The highest BCUT2D eigenvalue weighted by molar-refractivity contribution is 6.17. The van der Waals surface area contributed by atoms with Crippen molar-refractivity contribution in [3.63, 3.8) is 0 Å². The van der Waals surface area contributed by atoms with Crippen LogP contribution in [0.15, 0.2) is 0 Å². The number of nitrogens with zero attached hydrogens (tertiary/aromatic N) is 1. The molecule has 1 N–H and O–H groups in total. The molecular weight excluding hydrogens is 188 g/mol. The summed E-state index contributed by atoms with van der Waals surface area (Å²) in [6.45, 7) is 3.89. The first-order valence-electron chi connectivity index (χ1n) is 4.84. The van der Waals surface area contributed by atoms with Crippen LogP contribution in [0, 0.1) is 0 Å². The predicted octanol–water partition coefficient (Wildman–Crippen LogP) is 0.478. The lowest BCUT2D eigenvalue weighted by Gasteiger charge is -2.30. The molecule has 1 heterocycles. The summed E-state index contributed by atoms with van der Waals surface area (Å²) in [5.41, 5.74) is 0. The molecule has 0 spiro atoms. The second-order valence-corrected chi connectivity index (χ2v) is 3.77. The molecule has 13 heavy (non-hydrogen) atoms. The summed E-state index contributed by atoms with van der Waals surface area (Å²) in [6, 6.07) is 0.0322. The molecule has 1 unspecified atom stereocenters. The second kappa shape index (κ2) is 6.35. The Morgan fingerprint density at radius 2 is 2.38 bits per heavy atom. The lowest BCUT2D eigenvalue weighted by Crippen LogP contribution is -2.51. The quantitative estimate of drug-likeness (QED) is 0.402. The van der Waals surface area contributed by atoms with E-state index >= 15 is 0 Å². The Bertz CT molecular complexity index is 155. The third kappa shape index (κ3) is 4.07. The van der Waals surface area contributed by atoms with E-state index in [-0.39, 0.29) is 6.04 Å². The molecular formula is C9H17ClN2O. The van der Waals surface area contributed by atoms with Gasteiger partial charge in [0.2, 0.25) is 0 Å². The maximum Gasteiger partial charge on any atom is 0.138 e. The Morgan fingerprint density at radius 3 is 3.08 bits per heavy atom. The fourth-order valence-electron chi connectivity index (χ4n) is 1.57. The van der Waals surface area contributed by atoms with Crippen LogP contribution in [-0.2, 0) is 4.79 Å². The minimum Gasteiger partial charge on any atom is -0.305 e. The highest BCUT2D eigenvalue weighted by Gasteiger charge is 2.17. The molecule has 1 aliphatic heterocycles. The molecule has 1 aliphatic rings. The molecule has 1 rings (SSSR count). The highest BCUT2D eigenvalue weighted by Crippen LogP contribution is 2.01. The zero-order valence-corrected chi connectivity index (χ0v) is 8.59. The van der Waals surface area contributed by atoms with Crippen molar-refractivity contribution in [1.29, 1.82) is 0 Å². The number of hydrogen-bond donors (Lipinski definition) is 1. The zero-order chi connectivity index (χ0) is 9.52. The average Bonchev–Trinajstić information content (AvgIpc) is 2.19. The monoisotopic (exact) mass is 204 g/mol. The topological polar surface area (TPSA) is 32.3 Å². The minimum atomic E-state index is 0.0322. The summed E-state index contributed by atoms with van der Waals surface area (Å²) in [4.78, 5) is 12.8. The molecule has 0 aromatic heterocycles. The van der Waals surface area contributed by atoms with E-state index in [2.05, 4.69) is 10.2 Å². The standard InChI is InChI=1S/C9H17ClN2O/c10-3-1-2-5-12-6-4-11-9(7-12)8-13/h8-9,11H,1-7H2. The van der Waals surface area contributed by atoms with Gasteiger partial charge in [0.1, 0.15) is 6.29 Å². The number of unbranched alkanes of at least 4 members (excludes halogenated alkanes) is 1. The highest BCUT2D eigenvalue weighted by atomic mass is 35.5. The van der Waals surface area contributed by atoms with Gasteiger partial charge in [0, 0.05) is 25.5 Å². The van der Waals surface area contributed by atoms with E-state index < -0.39 is 0 Å². The van der Waals surface area contributed by atoms with Gasteiger partial charge in [0.25, 0.3) is 0 Å². The van der Waals surface area contributed by atoms with Gasteiger partial charge in [-0.15, -0.1) is 11.6 Å². The first kappa shape index (κ1) is 11.0. The molecule has 1 fully saturated rings. The van der Waals surface area contributed by atoms with Gasteiger partial charge in [-0.25, -0.2) is 0 Å². The van der Waals surface area contributed by atoms with Gasteiger partial charge in [0.15, 0.2) is 0 Å². The largest absolute Gasteiger partial charge is 0.305 e. The Morgan fingerprint density at radius 1 is 1.54 bits per heavy atom. The van der Waals surface area contributed by atoms with E-state index in [1.165, 1.54) is 0 Å².